The first kappa shape index (κ1) is 24.6. The largest absolute Gasteiger partial charge is 0.384 e. The maximum atomic E-state index is 12.8. The molecule has 1 aromatic rings. The third-order valence-corrected chi connectivity index (χ3v) is 6.67. The van der Waals surface area contributed by atoms with Gasteiger partial charge < -0.3 is 21.1 Å². The minimum atomic E-state index is -3.62. The number of nitrogens with one attached hydrogen (secondary N) is 2. The summed E-state index contributed by atoms with van der Waals surface area (Å²) in [7, 11) is -3.62. The fourth-order valence-electron chi connectivity index (χ4n) is 3.13. The fraction of sp³-hybridized carbons (Fsp3) is 0.611. The Morgan fingerprint density at radius 3 is 2.43 bits per heavy atom. The molecular formula is C18H31ClN4O4S. The third kappa shape index (κ3) is 5.57. The lowest BCUT2D eigenvalue weighted by Gasteiger charge is -2.20. The second-order valence-electron chi connectivity index (χ2n) is 6.38. The van der Waals surface area contributed by atoms with E-state index < -0.39 is 16.1 Å². The molecule has 0 aromatic heterocycles. The Kier molecular flexibility index (Phi) is 9.65. The third-order valence-electron chi connectivity index (χ3n) is 4.62. The molecular weight excluding hydrogens is 404 g/mol. The number of sulfonamides is 1. The van der Waals surface area contributed by atoms with Gasteiger partial charge in [0, 0.05) is 26.2 Å². The minimum Gasteiger partial charge on any atom is -0.384 e. The van der Waals surface area contributed by atoms with Gasteiger partial charge in [0.05, 0.1) is 22.4 Å². The van der Waals surface area contributed by atoms with Gasteiger partial charge in [-0.25, -0.2) is 8.42 Å². The van der Waals surface area contributed by atoms with Gasteiger partial charge in [0.2, 0.25) is 10.0 Å². The lowest BCUT2D eigenvalue weighted by molar-refractivity contribution is -0.126. The van der Waals surface area contributed by atoms with Crippen LogP contribution in [0.15, 0.2) is 23.1 Å². The summed E-state index contributed by atoms with van der Waals surface area (Å²) >= 11 is 0. The first-order valence-electron chi connectivity index (χ1n) is 9.41. The second kappa shape index (κ2) is 11.0. The van der Waals surface area contributed by atoms with Crippen LogP contribution in [0, 0.1) is 0 Å². The van der Waals surface area contributed by atoms with Crippen LogP contribution in [-0.4, -0.2) is 57.0 Å². The SMILES string of the molecule is CCNc1ccc(S(=O)(=O)N(CC)CC)cc1NC(=O)[C@@H]1CC[C@H](CN)O1.Cl. The molecule has 0 radical (unpaired) electrons. The van der Waals surface area contributed by atoms with Gasteiger partial charge in [0.1, 0.15) is 6.10 Å². The van der Waals surface area contributed by atoms with Gasteiger partial charge >= 0.3 is 0 Å². The van der Waals surface area contributed by atoms with E-state index in [-0.39, 0.29) is 29.3 Å². The molecule has 8 nitrogen and oxygen atoms in total. The van der Waals surface area contributed by atoms with Gasteiger partial charge in [0.15, 0.2) is 0 Å². The normalized spacial score (nSPS) is 19.3. The molecule has 1 aromatic carbocycles. The number of hydrogen-bond acceptors (Lipinski definition) is 6. The van der Waals surface area contributed by atoms with E-state index in [2.05, 4.69) is 10.6 Å². The van der Waals surface area contributed by atoms with Crippen molar-refractivity contribution < 1.29 is 17.9 Å². The summed E-state index contributed by atoms with van der Waals surface area (Å²) in [5.41, 5.74) is 6.69. The highest BCUT2D eigenvalue weighted by Gasteiger charge is 2.30. The standard InChI is InChI=1S/C18H30N4O4S.ClH/c1-4-20-15-9-8-14(27(24,25)22(5-2)6-3)11-16(15)21-18(23)17-10-7-13(12-19)26-17;/h8-9,11,13,17,20H,4-7,10,12,19H2,1-3H3,(H,21,23);1H/t13-,17+;/m1./s1. The molecule has 1 aliphatic heterocycles. The number of hydrogen-bond donors (Lipinski definition) is 3. The molecule has 1 amide bonds. The predicted molar refractivity (Wildman–Crippen MR) is 114 cm³/mol. The van der Waals surface area contributed by atoms with Crippen LogP contribution in [0.3, 0.4) is 0 Å². The Labute approximate surface area is 173 Å². The average molecular weight is 435 g/mol. The summed E-state index contributed by atoms with van der Waals surface area (Å²) in [6, 6.07) is 4.73. The van der Waals surface area contributed by atoms with Gasteiger partial charge in [-0.1, -0.05) is 13.8 Å². The van der Waals surface area contributed by atoms with Crippen LogP contribution < -0.4 is 16.4 Å². The highest BCUT2D eigenvalue weighted by molar-refractivity contribution is 7.89. The molecule has 0 aliphatic carbocycles. The highest BCUT2D eigenvalue weighted by atomic mass is 35.5. The van der Waals surface area contributed by atoms with Crippen molar-refractivity contribution in [2.75, 3.05) is 36.8 Å². The monoisotopic (exact) mass is 434 g/mol. The number of nitrogens with two attached hydrogens (primary N) is 1. The number of amides is 1. The first-order valence-corrected chi connectivity index (χ1v) is 10.9. The van der Waals surface area contributed by atoms with E-state index in [0.29, 0.717) is 44.0 Å². The smallest absolute Gasteiger partial charge is 0.253 e. The van der Waals surface area contributed by atoms with Crippen molar-refractivity contribution in [3.63, 3.8) is 0 Å². The molecule has 4 N–H and O–H groups in total. The maximum Gasteiger partial charge on any atom is 0.253 e. The molecule has 160 valence electrons. The van der Waals surface area contributed by atoms with Crippen LogP contribution in [0.1, 0.15) is 33.6 Å². The van der Waals surface area contributed by atoms with E-state index >= 15 is 0 Å². The van der Waals surface area contributed by atoms with E-state index in [1.54, 1.807) is 26.0 Å². The number of rotatable bonds is 9. The van der Waals surface area contributed by atoms with E-state index in [0.717, 1.165) is 6.42 Å². The average Bonchev–Trinajstić information content (AvgIpc) is 3.13. The summed E-state index contributed by atoms with van der Waals surface area (Å²) in [6.45, 7) is 7.30. The summed E-state index contributed by atoms with van der Waals surface area (Å²) in [4.78, 5) is 12.7. The number of nitrogens with zero attached hydrogens (tertiary/aromatic N) is 1. The Hall–Kier alpha value is -1.39. The van der Waals surface area contributed by atoms with Crippen LogP contribution in [0.25, 0.3) is 0 Å². The summed E-state index contributed by atoms with van der Waals surface area (Å²) in [5.74, 6) is -0.289. The molecule has 2 atom stereocenters. The van der Waals surface area contributed by atoms with Gasteiger partial charge in [-0.05, 0) is 38.0 Å². The van der Waals surface area contributed by atoms with Gasteiger partial charge in [0.25, 0.3) is 5.91 Å². The lowest BCUT2D eigenvalue weighted by Crippen LogP contribution is -2.31. The summed E-state index contributed by atoms with van der Waals surface area (Å²) in [6.07, 6.45) is 0.659. The number of ether oxygens (including phenoxy) is 1. The number of carbonyl (C=O) groups excluding carboxylic acids is 1. The van der Waals surface area contributed by atoms with Crippen molar-refractivity contribution in [3.8, 4) is 0 Å². The van der Waals surface area contributed by atoms with Crippen molar-refractivity contribution >= 4 is 39.7 Å². The molecule has 1 fully saturated rings. The van der Waals surface area contributed by atoms with Gasteiger partial charge in [-0.15, -0.1) is 12.4 Å². The quantitative estimate of drug-likeness (QED) is 0.547. The van der Waals surface area contributed by atoms with E-state index in [4.69, 9.17) is 10.5 Å². The zero-order chi connectivity index (χ0) is 20.0. The van der Waals surface area contributed by atoms with E-state index in [1.165, 1.54) is 10.4 Å². The lowest BCUT2D eigenvalue weighted by atomic mass is 10.2. The topological polar surface area (TPSA) is 114 Å². The van der Waals surface area contributed by atoms with E-state index in [9.17, 15) is 13.2 Å². The van der Waals surface area contributed by atoms with Crippen molar-refractivity contribution in [2.24, 2.45) is 5.73 Å². The van der Waals surface area contributed by atoms with Crippen molar-refractivity contribution in [2.45, 2.75) is 50.7 Å². The molecule has 0 bridgehead atoms. The molecule has 28 heavy (non-hydrogen) atoms. The molecule has 1 saturated heterocycles. The second-order valence-corrected chi connectivity index (χ2v) is 8.31. The zero-order valence-corrected chi connectivity index (χ0v) is 18.2. The Balaban J connectivity index is 0.00000392. The molecule has 0 saturated carbocycles. The summed E-state index contributed by atoms with van der Waals surface area (Å²) in [5, 5.41) is 5.96. The Morgan fingerprint density at radius 2 is 1.89 bits per heavy atom. The van der Waals surface area contributed by atoms with Crippen molar-refractivity contribution in [1.29, 1.82) is 0 Å². The van der Waals surface area contributed by atoms with Gasteiger partial charge in [-0.2, -0.15) is 4.31 Å². The highest BCUT2D eigenvalue weighted by Crippen LogP contribution is 2.28. The summed E-state index contributed by atoms with van der Waals surface area (Å²) < 4.78 is 32.6. The molecule has 1 heterocycles. The Morgan fingerprint density at radius 1 is 1.21 bits per heavy atom. The van der Waals surface area contributed by atoms with Crippen LogP contribution in [0.5, 0.6) is 0 Å². The Bertz CT molecular complexity index is 756. The minimum absolute atomic E-state index is 0. The van der Waals surface area contributed by atoms with Crippen molar-refractivity contribution in [3.05, 3.63) is 18.2 Å². The number of halogens is 1. The zero-order valence-electron chi connectivity index (χ0n) is 16.6. The molecule has 0 spiro atoms. The number of anilines is 2. The number of carbonyl (C=O) groups is 1. The molecule has 10 heteroatoms. The van der Waals surface area contributed by atoms with E-state index in [1.807, 2.05) is 6.92 Å². The maximum absolute atomic E-state index is 12.8. The molecule has 0 unspecified atom stereocenters. The van der Waals surface area contributed by atoms with Crippen LogP contribution in [0.4, 0.5) is 11.4 Å². The molecule has 2 rings (SSSR count). The van der Waals surface area contributed by atoms with Gasteiger partial charge in [-0.3, -0.25) is 4.79 Å². The fourth-order valence-corrected chi connectivity index (χ4v) is 4.61. The van der Waals surface area contributed by atoms with Crippen LogP contribution in [0.2, 0.25) is 0 Å². The van der Waals surface area contributed by atoms with Crippen LogP contribution in [-0.2, 0) is 19.6 Å². The molecule has 1 aliphatic rings. The first-order chi connectivity index (χ1) is 12.9. The number of benzene rings is 1. The predicted octanol–water partition coefficient (Wildman–Crippen LogP) is 2.02. The van der Waals surface area contributed by atoms with Crippen LogP contribution >= 0.6 is 12.4 Å². The van der Waals surface area contributed by atoms with Crippen molar-refractivity contribution in [1.82, 2.24) is 4.31 Å².